The van der Waals surface area contributed by atoms with Crippen molar-refractivity contribution in [1.82, 2.24) is 0 Å². The van der Waals surface area contributed by atoms with Crippen LogP contribution < -0.4 is 18.9 Å². The summed E-state index contributed by atoms with van der Waals surface area (Å²) in [5, 5.41) is 0. The van der Waals surface area contributed by atoms with E-state index < -0.39 is 0 Å². The molecule has 1 aliphatic carbocycles. The van der Waals surface area contributed by atoms with Crippen LogP contribution in [0, 0.1) is 0 Å². The van der Waals surface area contributed by atoms with Gasteiger partial charge in [-0.15, -0.1) is 0 Å². The van der Waals surface area contributed by atoms with E-state index in [9.17, 15) is 4.79 Å². The highest BCUT2D eigenvalue weighted by Crippen LogP contribution is 2.28. The highest BCUT2D eigenvalue weighted by molar-refractivity contribution is 6.08. The second-order valence-electron chi connectivity index (χ2n) is 7.91. The average Bonchev–Trinajstić information content (AvgIpc) is 3.33. The van der Waals surface area contributed by atoms with Crippen molar-refractivity contribution in [2.75, 3.05) is 21.3 Å². The molecule has 170 valence electrons. The average molecular weight is 445 g/mol. The van der Waals surface area contributed by atoms with E-state index in [0.717, 1.165) is 35.5 Å². The second-order valence-corrected chi connectivity index (χ2v) is 7.91. The van der Waals surface area contributed by atoms with Crippen molar-refractivity contribution in [1.29, 1.82) is 0 Å². The molecular formula is C28H28O5. The fourth-order valence-electron chi connectivity index (χ4n) is 4.08. The lowest BCUT2D eigenvalue weighted by Crippen LogP contribution is -2.01. The van der Waals surface area contributed by atoms with Gasteiger partial charge in [0.1, 0.15) is 29.6 Å². The Morgan fingerprint density at radius 3 is 2.36 bits per heavy atom. The highest BCUT2D eigenvalue weighted by Gasteiger charge is 2.13. The van der Waals surface area contributed by atoms with Crippen LogP contribution in [0.25, 0.3) is 6.08 Å². The van der Waals surface area contributed by atoms with E-state index in [0.29, 0.717) is 23.7 Å². The summed E-state index contributed by atoms with van der Waals surface area (Å²) in [5.41, 5.74) is 5.03. The topological polar surface area (TPSA) is 54.0 Å². The van der Waals surface area contributed by atoms with Gasteiger partial charge in [0.15, 0.2) is 5.78 Å². The Bertz CT molecular complexity index is 1180. The number of aryl methyl sites for hydroxylation is 2. The van der Waals surface area contributed by atoms with Crippen LogP contribution in [0.5, 0.6) is 23.0 Å². The third kappa shape index (κ3) is 5.20. The largest absolute Gasteiger partial charge is 0.497 e. The Balaban J connectivity index is 1.50. The number of carbonyl (C=O) groups is 1. The predicted molar refractivity (Wildman–Crippen MR) is 129 cm³/mol. The molecular weight excluding hydrogens is 416 g/mol. The first-order valence-electron chi connectivity index (χ1n) is 11.0. The monoisotopic (exact) mass is 444 g/mol. The molecule has 3 aromatic carbocycles. The molecule has 0 atom stereocenters. The minimum atomic E-state index is -0.169. The summed E-state index contributed by atoms with van der Waals surface area (Å²) < 4.78 is 22.1. The molecule has 0 fully saturated rings. The Morgan fingerprint density at radius 1 is 0.818 bits per heavy atom. The molecule has 0 heterocycles. The molecule has 0 radical (unpaired) electrons. The SMILES string of the molecule is COc1ccc(OC)c(C(=O)/C=C/c2ccc(OC)c(COc3ccc4c(c3)CCC4)c2)c1. The number of hydrogen-bond acceptors (Lipinski definition) is 5. The molecule has 1 aliphatic rings. The molecule has 0 amide bonds. The minimum absolute atomic E-state index is 0.169. The highest BCUT2D eigenvalue weighted by atomic mass is 16.5. The van der Waals surface area contributed by atoms with Gasteiger partial charge in [-0.05, 0) is 84.5 Å². The third-order valence-electron chi connectivity index (χ3n) is 5.87. The van der Waals surface area contributed by atoms with E-state index in [1.165, 1.54) is 23.6 Å². The van der Waals surface area contributed by atoms with Gasteiger partial charge in [-0.2, -0.15) is 0 Å². The van der Waals surface area contributed by atoms with Crippen molar-refractivity contribution in [3.63, 3.8) is 0 Å². The summed E-state index contributed by atoms with van der Waals surface area (Å²) in [4.78, 5) is 12.8. The predicted octanol–water partition coefficient (Wildman–Crippen LogP) is 5.68. The zero-order valence-corrected chi connectivity index (χ0v) is 19.2. The number of carbonyl (C=O) groups excluding carboxylic acids is 1. The number of methoxy groups -OCH3 is 3. The molecule has 5 heteroatoms. The fraction of sp³-hybridized carbons (Fsp3) is 0.250. The zero-order chi connectivity index (χ0) is 23.2. The molecule has 4 rings (SSSR count). The molecule has 0 N–H and O–H groups in total. The lowest BCUT2D eigenvalue weighted by molar-refractivity contribution is 0.104. The van der Waals surface area contributed by atoms with E-state index in [4.69, 9.17) is 18.9 Å². The zero-order valence-electron chi connectivity index (χ0n) is 19.2. The van der Waals surface area contributed by atoms with Gasteiger partial charge in [0.05, 0.1) is 26.9 Å². The van der Waals surface area contributed by atoms with Crippen LogP contribution in [-0.2, 0) is 19.4 Å². The van der Waals surface area contributed by atoms with Crippen LogP contribution >= 0.6 is 0 Å². The summed E-state index contributed by atoms with van der Waals surface area (Å²) >= 11 is 0. The van der Waals surface area contributed by atoms with Crippen LogP contribution in [0.4, 0.5) is 0 Å². The van der Waals surface area contributed by atoms with Crippen molar-refractivity contribution in [3.8, 4) is 23.0 Å². The summed E-state index contributed by atoms with van der Waals surface area (Å²) in [6, 6.07) is 17.2. The Hall–Kier alpha value is -3.73. The van der Waals surface area contributed by atoms with E-state index in [-0.39, 0.29) is 5.78 Å². The van der Waals surface area contributed by atoms with Crippen LogP contribution in [0.2, 0.25) is 0 Å². The maximum absolute atomic E-state index is 12.8. The van der Waals surface area contributed by atoms with Gasteiger partial charge in [0.2, 0.25) is 0 Å². The van der Waals surface area contributed by atoms with E-state index >= 15 is 0 Å². The molecule has 0 aromatic heterocycles. The molecule has 5 nitrogen and oxygen atoms in total. The summed E-state index contributed by atoms with van der Waals surface area (Å²) in [5.74, 6) is 2.54. The second kappa shape index (κ2) is 10.3. The standard InChI is InChI=1S/C28H28O5/c1-30-23-11-14-28(32-3)25(17-23)26(29)12-7-19-8-13-27(31-2)22(15-19)18-33-24-10-9-20-5-4-6-21(20)16-24/h7-17H,4-6,18H2,1-3H3/b12-7+. The Morgan fingerprint density at radius 2 is 1.58 bits per heavy atom. The van der Waals surface area contributed by atoms with Gasteiger partial charge in [-0.1, -0.05) is 18.2 Å². The maximum Gasteiger partial charge on any atom is 0.189 e. The fourth-order valence-corrected chi connectivity index (χ4v) is 4.08. The Kier molecular flexibility index (Phi) is 6.98. The number of rotatable bonds is 9. The first-order valence-corrected chi connectivity index (χ1v) is 11.0. The van der Waals surface area contributed by atoms with Gasteiger partial charge in [0, 0.05) is 5.56 Å². The number of hydrogen-bond donors (Lipinski definition) is 0. The van der Waals surface area contributed by atoms with E-state index in [1.807, 2.05) is 24.3 Å². The smallest absolute Gasteiger partial charge is 0.189 e. The van der Waals surface area contributed by atoms with Crippen molar-refractivity contribution >= 4 is 11.9 Å². The number of allylic oxidation sites excluding steroid dienone is 1. The van der Waals surface area contributed by atoms with Gasteiger partial charge in [0.25, 0.3) is 0 Å². The van der Waals surface area contributed by atoms with Crippen LogP contribution in [0.1, 0.15) is 39.0 Å². The van der Waals surface area contributed by atoms with Crippen molar-refractivity contribution in [2.45, 2.75) is 25.9 Å². The molecule has 0 saturated carbocycles. The lowest BCUT2D eigenvalue weighted by Gasteiger charge is -2.12. The van der Waals surface area contributed by atoms with Gasteiger partial charge < -0.3 is 18.9 Å². The van der Waals surface area contributed by atoms with E-state index in [1.54, 1.807) is 45.6 Å². The van der Waals surface area contributed by atoms with Crippen molar-refractivity contribution < 1.29 is 23.7 Å². The molecule has 0 bridgehead atoms. The number of benzene rings is 3. The first-order chi connectivity index (χ1) is 16.1. The van der Waals surface area contributed by atoms with Crippen molar-refractivity contribution in [2.24, 2.45) is 0 Å². The van der Waals surface area contributed by atoms with Crippen LogP contribution in [0.3, 0.4) is 0 Å². The number of fused-ring (bicyclic) bond motifs is 1. The Labute approximate surface area is 194 Å². The molecule has 0 saturated heterocycles. The normalized spacial score (nSPS) is 12.5. The van der Waals surface area contributed by atoms with Crippen molar-refractivity contribution in [3.05, 3.63) is 88.5 Å². The lowest BCUT2D eigenvalue weighted by atomic mass is 10.1. The molecule has 0 unspecified atom stereocenters. The van der Waals surface area contributed by atoms with Crippen LogP contribution in [0.15, 0.2) is 60.7 Å². The first kappa shape index (κ1) is 22.5. The number of ketones is 1. The summed E-state index contributed by atoms with van der Waals surface area (Å²) in [6.07, 6.45) is 6.78. The van der Waals surface area contributed by atoms with Gasteiger partial charge in [-0.25, -0.2) is 0 Å². The van der Waals surface area contributed by atoms with Crippen LogP contribution in [-0.4, -0.2) is 27.1 Å². The third-order valence-corrected chi connectivity index (χ3v) is 5.87. The van der Waals surface area contributed by atoms with Gasteiger partial charge in [-0.3, -0.25) is 4.79 Å². The summed E-state index contributed by atoms with van der Waals surface area (Å²) in [6.45, 7) is 0.376. The van der Waals surface area contributed by atoms with Gasteiger partial charge >= 0.3 is 0 Å². The minimum Gasteiger partial charge on any atom is -0.497 e. The molecule has 0 aliphatic heterocycles. The number of ether oxygens (including phenoxy) is 4. The molecule has 3 aromatic rings. The molecule has 0 spiro atoms. The molecule has 33 heavy (non-hydrogen) atoms. The summed E-state index contributed by atoms with van der Waals surface area (Å²) in [7, 11) is 4.75. The quantitative estimate of drug-likeness (QED) is 0.314. The maximum atomic E-state index is 12.8. The van der Waals surface area contributed by atoms with E-state index in [2.05, 4.69) is 12.1 Å².